The number of hydrogen-bond acceptors (Lipinski definition) is 4. The van der Waals surface area contributed by atoms with Gasteiger partial charge in [-0.1, -0.05) is 0 Å². The van der Waals surface area contributed by atoms with Crippen LogP contribution in [-0.4, -0.2) is 14.5 Å². The summed E-state index contributed by atoms with van der Waals surface area (Å²) >= 11 is 0. The normalized spacial score (nSPS) is 7.44. The number of rotatable bonds is 2. The van der Waals surface area contributed by atoms with Gasteiger partial charge in [-0.2, -0.15) is 8.60 Å². The summed E-state index contributed by atoms with van der Waals surface area (Å²) in [5.41, 5.74) is 0. The van der Waals surface area contributed by atoms with Gasteiger partial charge in [0.25, 0.3) is 0 Å². The molecule has 0 aliphatic carbocycles. The van der Waals surface area contributed by atoms with Crippen molar-refractivity contribution in [3.8, 4) is 5.97 Å². The Labute approximate surface area is 56.5 Å². The zero-order valence-corrected chi connectivity index (χ0v) is 5.80. The lowest BCUT2D eigenvalue weighted by Gasteiger charge is -2.27. The van der Waals surface area contributed by atoms with Crippen molar-refractivity contribution in [2.45, 2.75) is 6.92 Å². The highest BCUT2D eigenvalue weighted by Crippen LogP contribution is 2.10. The second-order valence-electron chi connectivity index (χ2n) is 0.770. The SMILES string of the molecule is CCOP([O-])[O-].[B]C#N. The molecule has 0 saturated carbocycles. The Morgan fingerprint density at radius 1 is 1.78 bits per heavy atom. The van der Waals surface area contributed by atoms with Crippen LogP contribution in [0.25, 0.3) is 0 Å². The van der Waals surface area contributed by atoms with Crippen molar-refractivity contribution in [2.24, 2.45) is 0 Å². The van der Waals surface area contributed by atoms with E-state index in [-0.39, 0.29) is 6.61 Å². The van der Waals surface area contributed by atoms with Crippen molar-refractivity contribution in [3.63, 3.8) is 0 Å². The molecular formula is C3H5BNO3P-2. The summed E-state index contributed by atoms with van der Waals surface area (Å²) in [5, 5.41) is 7.10. The molecule has 0 amide bonds. The predicted molar refractivity (Wildman–Crippen MR) is 29.9 cm³/mol. The van der Waals surface area contributed by atoms with Crippen LogP contribution in [0.5, 0.6) is 0 Å². The Kier molecular flexibility index (Phi) is 13.9. The van der Waals surface area contributed by atoms with Crippen LogP contribution in [0.2, 0.25) is 0 Å². The molecule has 50 valence electrons. The van der Waals surface area contributed by atoms with Crippen molar-refractivity contribution in [1.82, 2.24) is 0 Å². The molecule has 0 aromatic heterocycles. The molecule has 0 aliphatic rings. The van der Waals surface area contributed by atoms with Crippen LogP contribution in [-0.2, 0) is 4.52 Å². The fraction of sp³-hybridized carbons (Fsp3) is 0.667. The number of hydrogen-bond donors (Lipinski definition) is 0. The summed E-state index contributed by atoms with van der Waals surface area (Å²) in [4.78, 5) is 18.8. The Balaban J connectivity index is 0. The van der Waals surface area contributed by atoms with Crippen LogP contribution >= 0.6 is 8.60 Å². The van der Waals surface area contributed by atoms with E-state index in [1.165, 1.54) is 5.97 Å². The molecule has 0 heterocycles. The molecule has 0 atom stereocenters. The Hall–Kier alpha value is -0.135. The molecule has 0 N–H and O–H groups in total. The van der Waals surface area contributed by atoms with Crippen LogP contribution in [0, 0.1) is 11.2 Å². The summed E-state index contributed by atoms with van der Waals surface area (Å²) in [6, 6.07) is 0. The van der Waals surface area contributed by atoms with Gasteiger partial charge in [-0.25, -0.2) is 5.26 Å². The summed E-state index contributed by atoms with van der Waals surface area (Å²) < 4.78 is 4.00. The van der Waals surface area contributed by atoms with Crippen LogP contribution in [0.15, 0.2) is 0 Å². The van der Waals surface area contributed by atoms with Crippen molar-refractivity contribution < 1.29 is 14.3 Å². The van der Waals surface area contributed by atoms with Crippen LogP contribution < -0.4 is 9.79 Å². The molecule has 6 heteroatoms. The van der Waals surface area contributed by atoms with Gasteiger partial charge in [0.2, 0.25) is 7.85 Å². The van der Waals surface area contributed by atoms with Gasteiger partial charge in [0.05, 0.1) is 0 Å². The molecule has 0 aromatic carbocycles. The van der Waals surface area contributed by atoms with E-state index in [0.717, 1.165) is 0 Å². The first-order valence-corrected chi connectivity index (χ1v) is 3.15. The molecule has 0 rings (SSSR count). The quantitative estimate of drug-likeness (QED) is 0.353. The Bertz CT molecular complexity index is 83.6. The molecular weight excluding hydrogens is 140 g/mol. The molecule has 0 spiro atoms. The lowest BCUT2D eigenvalue weighted by Crippen LogP contribution is -2.09. The first-order chi connectivity index (χ1) is 4.18. The Morgan fingerprint density at radius 2 is 2.11 bits per heavy atom. The second-order valence-corrected chi connectivity index (χ2v) is 1.48. The molecule has 0 bridgehead atoms. The van der Waals surface area contributed by atoms with Crippen molar-refractivity contribution in [3.05, 3.63) is 0 Å². The predicted octanol–water partition coefficient (Wildman–Crippen LogP) is -1.39. The standard InChI is InChI=1S/C2H5O3P.CBN/c1-2-5-6(3)4;2-1-3/h2H2,1H3;/q-2;. The molecule has 0 aromatic rings. The van der Waals surface area contributed by atoms with Gasteiger partial charge >= 0.3 is 0 Å². The second kappa shape index (κ2) is 10.8. The summed E-state index contributed by atoms with van der Waals surface area (Å²) in [6.45, 7) is 1.85. The van der Waals surface area contributed by atoms with E-state index in [0.29, 0.717) is 0 Å². The Morgan fingerprint density at radius 3 is 2.11 bits per heavy atom. The molecule has 0 fully saturated rings. The first-order valence-electron chi connectivity index (χ1n) is 2.06. The lowest BCUT2D eigenvalue weighted by molar-refractivity contribution is -0.317. The minimum Gasteiger partial charge on any atom is -0.820 e. The highest BCUT2D eigenvalue weighted by Gasteiger charge is 1.64. The third kappa shape index (κ3) is 33.0. The van der Waals surface area contributed by atoms with E-state index >= 15 is 0 Å². The van der Waals surface area contributed by atoms with Crippen LogP contribution in [0.4, 0.5) is 0 Å². The van der Waals surface area contributed by atoms with Gasteiger partial charge in [0, 0.05) is 6.61 Å². The number of nitriles is 1. The monoisotopic (exact) mass is 145 g/mol. The number of nitrogens with zero attached hydrogens (tertiary/aromatic N) is 1. The fourth-order valence-electron chi connectivity index (χ4n) is 0.105. The summed E-state index contributed by atoms with van der Waals surface area (Å²) in [6.07, 6.45) is 0. The average molecular weight is 145 g/mol. The molecule has 9 heavy (non-hydrogen) atoms. The highest BCUT2D eigenvalue weighted by molar-refractivity contribution is 7.36. The first kappa shape index (κ1) is 11.6. The highest BCUT2D eigenvalue weighted by atomic mass is 31.2. The zero-order chi connectivity index (χ0) is 7.70. The van der Waals surface area contributed by atoms with Gasteiger partial charge in [-0.3, -0.25) is 0 Å². The third-order valence-corrected chi connectivity index (χ3v) is 0.704. The molecule has 0 saturated heterocycles. The molecule has 4 nitrogen and oxygen atoms in total. The van der Waals surface area contributed by atoms with E-state index in [9.17, 15) is 9.79 Å². The van der Waals surface area contributed by atoms with Gasteiger partial charge < -0.3 is 14.3 Å². The largest absolute Gasteiger partial charge is 0.820 e. The molecule has 0 aliphatic heterocycles. The van der Waals surface area contributed by atoms with Crippen molar-refractivity contribution in [2.75, 3.05) is 6.61 Å². The summed E-state index contributed by atoms with van der Waals surface area (Å²) in [5.74, 6) is 1.25. The molecule has 2 radical (unpaired) electrons. The maximum absolute atomic E-state index is 9.41. The maximum atomic E-state index is 9.41. The average Bonchev–Trinajstić information content (AvgIpc) is 1.67. The van der Waals surface area contributed by atoms with E-state index in [2.05, 4.69) is 12.4 Å². The van der Waals surface area contributed by atoms with Gasteiger partial charge in [-0.05, 0) is 12.9 Å². The fourth-order valence-corrected chi connectivity index (χ4v) is 0.316. The topological polar surface area (TPSA) is 79.1 Å². The van der Waals surface area contributed by atoms with E-state index in [1.807, 2.05) is 0 Å². The smallest absolute Gasteiger partial charge is 0.229 e. The van der Waals surface area contributed by atoms with Gasteiger partial charge in [0.15, 0.2) is 0 Å². The molecule has 0 unspecified atom stereocenters. The zero-order valence-electron chi connectivity index (χ0n) is 4.90. The van der Waals surface area contributed by atoms with Crippen molar-refractivity contribution >= 4 is 16.4 Å². The maximum Gasteiger partial charge on any atom is 0.229 e. The minimum absolute atomic E-state index is 0.235. The van der Waals surface area contributed by atoms with Crippen LogP contribution in [0.1, 0.15) is 6.92 Å². The van der Waals surface area contributed by atoms with E-state index < -0.39 is 8.60 Å². The van der Waals surface area contributed by atoms with Crippen LogP contribution in [0.3, 0.4) is 0 Å². The summed E-state index contributed by atoms with van der Waals surface area (Å²) in [7, 11) is 1.55. The third-order valence-electron chi connectivity index (χ3n) is 0.235. The lowest BCUT2D eigenvalue weighted by atomic mass is 10.2. The van der Waals surface area contributed by atoms with Gasteiger partial charge in [0.1, 0.15) is 0 Å². The van der Waals surface area contributed by atoms with Crippen molar-refractivity contribution in [1.29, 1.82) is 5.26 Å². The van der Waals surface area contributed by atoms with E-state index in [1.54, 1.807) is 6.92 Å². The minimum atomic E-state index is -2.60. The van der Waals surface area contributed by atoms with Gasteiger partial charge in [-0.15, -0.1) is 0 Å². The van der Waals surface area contributed by atoms with E-state index in [4.69, 9.17) is 5.26 Å².